The standard InChI is InChI=1S/C12H10F2I2O4/c1-11(2,12(13,14)10(18)19)20-9(17)7-4-3-6(15)5-8(7)16/h3-5H,1-2H3,(H,18,19). The van der Waals surface area contributed by atoms with E-state index < -0.39 is 23.5 Å². The third-order valence-corrected chi connectivity index (χ3v) is 4.09. The quantitative estimate of drug-likeness (QED) is 0.498. The summed E-state index contributed by atoms with van der Waals surface area (Å²) in [6.45, 7) is 1.72. The van der Waals surface area contributed by atoms with Gasteiger partial charge in [-0.15, -0.1) is 0 Å². The smallest absolute Gasteiger partial charge is 0.380 e. The minimum Gasteiger partial charge on any atom is -0.477 e. The van der Waals surface area contributed by atoms with Gasteiger partial charge in [-0.2, -0.15) is 8.78 Å². The maximum atomic E-state index is 13.5. The molecule has 1 aromatic carbocycles. The highest BCUT2D eigenvalue weighted by atomic mass is 127. The van der Waals surface area contributed by atoms with Gasteiger partial charge in [-0.3, -0.25) is 0 Å². The molecule has 0 aromatic heterocycles. The Bertz CT molecular complexity index is 558. The summed E-state index contributed by atoms with van der Waals surface area (Å²) in [4.78, 5) is 22.5. The lowest BCUT2D eigenvalue weighted by Gasteiger charge is -2.30. The predicted molar refractivity (Wildman–Crippen MR) is 84.0 cm³/mol. The lowest BCUT2D eigenvalue weighted by Crippen LogP contribution is -2.51. The summed E-state index contributed by atoms with van der Waals surface area (Å²) < 4.78 is 33.1. The van der Waals surface area contributed by atoms with Crippen molar-refractivity contribution >= 4 is 57.1 Å². The summed E-state index contributed by atoms with van der Waals surface area (Å²) in [5, 5.41) is 8.51. The number of halogens is 4. The number of carbonyl (C=O) groups is 2. The van der Waals surface area contributed by atoms with Crippen molar-refractivity contribution < 1.29 is 28.2 Å². The van der Waals surface area contributed by atoms with Crippen LogP contribution in [0.5, 0.6) is 0 Å². The summed E-state index contributed by atoms with van der Waals surface area (Å²) >= 11 is 3.92. The molecule has 0 amide bonds. The summed E-state index contributed by atoms with van der Waals surface area (Å²) in [6, 6.07) is 4.75. The summed E-state index contributed by atoms with van der Waals surface area (Å²) in [6.07, 6.45) is 0. The number of carbonyl (C=O) groups excluding carboxylic acids is 1. The first kappa shape index (κ1) is 17.5. The first-order valence-electron chi connectivity index (χ1n) is 5.28. The Hall–Kier alpha value is -0.520. The van der Waals surface area contributed by atoms with E-state index in [9.17, 15) is 18.4 Å². The van der Waals surface area contributed by atoms with Crippen LogP contribution in [0, 0.1) is 7.14 Å². The predicted octanol–water partition coefficient (Wildman–Crippen LogP) is 3.55. The van der Waals surface area contributed by atoms with Crippen LogP contribution in [0.4, 0.5) is 8.78 Å². The van der Waals surface area contributed by atoms with Gasteiger partial charge in [0.2, 0.25) is 0 Å². The molecule has 0 atom stereocenters. The summed E-state index contributed by atoms with van der Waals surface area (Å²) in [7, 11) is 0. The van der Waals surface area contributed by atoms with Crippen LogP contribution >= 0.6 is 45.2 Å². The largest absolute Gasteiger partial charge is 0.477 e. The van der Waals surface area contributed by atoms with E-state index in [4.69, 9.17) is 9.84 Å². The van der Waals surface area contributed by atoms with Gasteiger partial charge < -0.3 is 9.84 Å². The van der Waals surface area contributed by atoms with Gasteiger partial charge in [0, 0.05) is 7.14 Å². The van der Waals surface area contributed by atoms with Crippen molar-refractivity contribution in [1.82, 2.24) is 0 Å². The molecule has 0 saturated carbocycles. The molecule has 4 nitrogen and oxygen atoms in total. The fraction of sp³-hybridized carbons (Fsp3) is 0.333. The molecular formula is C12H10F2I2O4. The Morgan fingerprint density at radius 3 is 2.25 bits per heavy atom. The van der Waals surface area contributed by atoms with Crippen molar-refractivity contribution in [2.24, 2.45) is 0 Å². The van der Waals surface area contributed by atoms with E-state index in [0.29, 0.717) is 3.57 Å². The molecule has 0 fully saturated rings. The molecular weight excluding hydrogens is 500 g/mol. The minimum absolute atomic E-state index is 0.111. The molecule has 0 aliphatic rings. The molecule has 0 spiro atoms. The van der Waals surface area contributed by atoms with Crippen LogP contribution < -0.4 is 0 Å². The molecule has 0 heterocycles. The number of hydrogen-bond donors (Lipinski definition) is 1. The van der Waals surface area contributed by atoms with Gasteiger partial charge in [0.25, 0.3) is 0 Å². The highest BCUT2D eigenvalue weighted by Crippen LogP contribution is 2.33. The normalized spacial score (nSPS) is 12.1. The second-order valence-electron chi connectivity index (χ2n) is 4.40. The van der Waals surface area contributed by atoms with Crippen molar-refractivity contribution in [3.05, 3.63) is 30.9 Å². The zero-order chi connectivity index (χ0) is 15.7. The van der Waals surface area contributed by atoms with E-state index in [1.165, 1.54) is 6.07 Å². The van der Waals surface area contributed by atoms with Crippen LogP contribution in [0.3, 0.4) is 0 Å². The van der Waals surface area contributed by atoms with Gasteiger partial charge >= 0.3 is 17.9 Å². The average Bonchev–Trinajstić information content (AvgIpc) is 2.27. The molecule has 0 unspecified atom stereocenters. The van der Waals surface area contributed by atoms with E-state index in [0.717, 1.165) is 17.4 Å². The average molecular weight is 510 g/mol. The number of esters is 1. The number of hydrogen-bond acceptors (Lipinski definition) is 3. The Morgan fingerprint density at radius 1 is 1.25 bits per heavy atom. The lowest BCUT2D eigenvalue weighted by atomic mass is 10.0. The van der Waals surface area contributed by atoms with Crippen LogP contribution in [-0.4, -0.2) is 28.6 Å². The molecule has 1 aromatic rings. The van der Waals surface area contributed by atoms with Crippen LogP contribution in [0.2, 0.25) is 0 Å². The highest BCUT2D eigenvalue weighted by molar-refractivity contribution is 14.1. The van der Waals surface area contributed by atoms with Crippen molar-refractivity contribution in [3.8, 4) is 0 Å². The second-order valence-corrected chi connectivity index (χ2v) is 6.81. The van der Waals surface area contributed by atoms with Crippen molar-refractivity contribution in [2.45, 2.75) is 25.4 Å². The number of ether oxygens (including phenoxy) is 1. The Labute approximate surface area is 141 Å². The van der Waals surface area contributed by atoms with Crippen LogP contribution in [0.1, 0.15) is 24.2 Å². The SMILES string of the molecule is CC(C)(OC(=O)c1ccc(I)cc1I)C(F)(F)C(=O)O. The molecule has 20 heavy (non-hydrogen) atoms. The van der Waals surface area contributed by atoms with Gasteiger partial charge in [0.05, 0.1) is 5.56 Å². The molecule has 0 aliphatic heterocycles. The summed E-state index contributed by atoms with van der Waals surface area (Å²) in [5.74, 6) is -7.51. The fourth-order valence-corrected chi connectivity index (χ4v) is 3.09. The lowest BCUT2D eigenvalue weighted by molar-refractivity contribution is -0.200. The van der Waals surface area contributed by atoms with E-state index in [2.05, 4.69) is 0 Å². The number of benzene rings is 1. The zero-order valence-corrected chi connectivity index (χ0v) is 14.7. The molecule has 8 heteroatoms. The van der Waals surface area contributed by atoms with Gasteiger partial charge in [-0.25, -0.2) is 9.59 Å². The molecule has 0 saturated heterocycles. The van der Waals surface area contributed by atoms with Crippen LogP contribution in [0.15, 0.2) is 18.2 Å². The molecule has 1 rings (SSSR count). The van der Waals surface area contributed by atoms with Crippen molar-refractivity contribution in [3.63, 3.8) is 0 Å². The maximum Gasteiger partial charge on any atom is 0.380 e. The monoisotopic (exact) mass is 510 g/mol. The minimum atomic E-state index is -4.18. The summed E-state index contributed by atoms with van der Waals surface area (Å²) in [5.41, 5.74) is -2.34. The van der Waals surface area contributed by atoms with Gasteiger partial charge in [0.15, 0.2) is 5.60 Å². The maximum absolute atomic E-state index is 13.5. The molecule has 110 valence electrons. The van der Waals surface area contributed by atoms with E-state index in [1.54, 1.807) is 12.1 Å². The van der Waals surface area contributed by atoms with Gasteiger partial charge in [-0.05, 0) is 77.2 Å². The number of aliphatic carboxylic acids is 1. The molecule has 1 N–H and O–H groups in total. The Morgan fingerprint density at radius 2 is 1.80 bits per heavy atom. The first-order valence-corrected chi connectivity index (χ1v) is 7.44. The topological polar surface area (TPSA) is 63.6 Å². The number of carboxylic acids is 1. The Balaban J connectivity index is 3.03. The number of carboxylic acid groups (broad SMARTS) is 1. The van der Waals surface area contributed by atoms with Crippen molar-refractivity contribution in [2.75, 3.05) is 0 Å². The van der Waals surface area contributed by atoms with E-state index in [1.807, 2.05) is 45.2 Å². The molecule has 0 aliphatic carbocycles. The van der Waals surface area contributed by atoms with Crippen molar-refractivity contribution in [1.29, 1.82) is 0 Å². The van der Waals surface area contributed by atoms with Crippen LogP contribution in [-0.2, 0) is 9.53 Å². The van der Waals surface area contributed by atoms with E-state index in [-0.39, 0.29) is 5.56 Å². The molecule has 0 radical (unpaired) electrons. The highest BCUT2D eigenvalue weighted by Gasteiger charge is 2.56. The van der Waals surface area contributed by atoms with E-state index >= 15 is 0 Å². The third-order valence-electron chi connectivity index (χ3n) is 2.52. The zero-order valence-electron chi connectivity index (χ0n) is 10.4. The fourth-order valence-electron chi connectivity index (χ4n) is 1.26. The van der Waals surface area contributed by atoms with Gasteiger partial charge in [-0.1, -0.05) is 0 Å². The number of alkyl halides is 2. The number of rotatable bonds is 4. The molecule has 0 bridgehead atoms. The first-order chi connectivity index (χ1) is 8.99. The Kier molecular flexibility index (Phi) is 5.33. The second kappa shape index (κ2) is 6.08. The van der Waals surface area contributed by atoms with Gasteiger partial charge in [0.1, 0.15) is 0 Å². The third kappa shape index (κ3) is 3.57. The van der Waals surface area contributed by atoms with Crippen LogP contribution in [0.25, 0.3) is 0 Å².